The zero-order valence-electron chi connectivity index (χ0n) is 67.4. The van der Waals surface area contributed by atoms with Crippen molar-refractivity contribution in [1.29, 1.82) is 0 Å². The Hall–Kier alpha value is -10.9. The zero-order valence-corrected chi connectivity index (χ0v) is 62.4. The molecular formula is C99H90BN3O. The molecule has 0 saturated heterocycles. The van der Waals surface area contributed by atoms with Crippen molar-refractivity contribution in [2.45, 2.75) is 136 Å². The van der Waals surface area contributed by atoms with Crippen LogP contribution >= 0.6 is 0 Å². The Morgan fingerprint density at radius 3 is 1.22 bits per heavy atom. The molecule has 0 amide bonds. The molecule has 0 fully saturated rings. The van der Waals surface area contributed by atoms with E-state index < -0.39 is 18.2 Å². The number of benzene rings is 13. The first-order valence-corrected chi connectivity index (χ1v) is 37.0. The summed E-state index contributed by atoms with van der Waals surface area (Å²) in [4.78, 5) is 2.65. The van der Waals surface area contributed by atoms with Crippen molar-refractivity contribution >= 4 is 83.8 Å². The summed E-state index contributed by atoms with van der Waals surface area (Å²) in [6.45, 7) is 34.0. The molecule has 5 heterocycles. The minimum Gasteiger partial charge on any atom is -0.457 e. The Labute approximate surface area is 621 Å². The molecule has 5 heteroatoms. The van der Waals surface area contributed by atoms with Gasteiger partial charge in [0, 0.05) is 66.5 Å². The van der Waals surface area contributed by atoms with Gasteiger partial charge >= 0.3 is 0 Å². The van der Waals surface area contributed by atoms with E-state index in [0.717, 1.165) is 123 Å². The van der Waals surface area contributed by atoms with Crippen LogP contribution in [0.25, 0.3) is 88.4 Å². The second-order valence-electron chi connectivity index (χ2n) is 34.6. The predicted octanol–water partition coefficient (Wildman–Crippen LogP) is 24.5. The quantitative estimate of drug-likeness (QED) is 0.155. The van der Waals surface area contributed by atoms with Crippen LogP contribution in [0.3, 0.4) is 0 Å². The average Bonchev–Trinajstić information content (AvgIpc) is 0.974. The SMILES string of the molecule is [2H]c1c([2H])c([2H])c(-c2ccc3c(c2)B2c4ccc(-n5c6ccc(C(C)(C)C)cc6c6cc(C(C)(C)C)ccc65)cc4N(c4c(-c5ccccc5)cc(C(C)(C)C)cc4-c4ccccc4)c4cc(-n5c6ccc(C(C)(C)C)cc6c6cc(C(C)(C)C)ccc65)cc(c42)C32c3ccccc3Oc3ccccc32)c([2H])c1[2H]. The Balaban J connectivity index is 1.08. The van der Waals surface area contributed by atoms with Crippen LogP contribution in [0.2, 0.25) is 0 Å². The van der Waals surface area contributed by atoms with Gasteiger partial charge in [-0.25, -0.2) is 0 Å². The molecule has 510 valence electrons. The lowest BCUT2D eigenvalue weighted by molar-refractivity contribution is 0.435. The molecule has 2 aromatic heterocycles. The van der Waals surface area contributed by atoms with E-state index in [1.165, 1.54) is 49.4 Å². The Bertz CT molecular complexity index is 6090. The zero-order chi connectivity index (χ0) is 76.2. The van der Waals surface area contributed by atoms with Gasteiger partial charge in [-0.3, -0.25) is 0 Å². The Morgan fingerprint density at radius 1 is 0.327 bits per heavy atom. The van der Waals surface area contributed by atoms with Gasteiger partial charge in [0.2, 0.25) is 6.71 Å². The lowest BCUT2D eigenvalue weighted by Gasteiger charge is -2.50. The van der Waals surface area contributed by atoms with Gasteiger partial charge in [0.15, 0.2) is 0 Å². The number of fused-ring (bicyclic) bond motifs is 16. The molecule has 13 aromatic carbocycles. The van der Waals surface area contributed by atoms with Crippen LogP contribution in [0.1, 0.15) is 161 Å². The normalized spacial score (nSPS) is 14.7. The summed E-state index contributed by atoms with van der Waals surface area (Å²) < 4.78 is 58.9. The molecule has 0 N–H and O–H groups in total. The van der Waals surface area contributed by atoms with E-state index in [1.807, 2.05) is 6.07 Å². The van der Waals surface area contributed by atoms with Gasteiger partial charge < -0.3 is 18.8 Å². The fourth-order valence-corrected chi connectivity index (χ4v) is 17.4. The predicted molar refractivity (Wildman–Crippen MR) is 443 cm³/mol. The molecular weight excluding hydrogens is 1260 g/mol. The second-order valence-corrected chi connectivity index (χ2v) is 34.6. The smallest absolute Gasteiger partial charge is 0.247 e. The number of rotatable bonds is 6. The monoisotopic (exact) mass is 1350 g/mol. The number of nitrogens with zero attached hydrogens (tertiary/aromatic N) is 3. The van der Waals surface area contributed by atoms with Crippen LogP contribution in [-0.4, -0.2) is 15.8 Å². The first-order chi connectivity index (χ1) is 51.8. The Morgan fingerprint density at radius 2 is 0.760 bits per heavy atom. The maximum Gasteiger partial charge on any atom is 0.247 e. The molecule has 0 atom stereocenters. The highest BCUT2D eigenvalue weighted by Crippen LogP contribution is 2.59. The van der Waals surface area contributed by atoms with E-state index in [-0.39, 0.29) is 56.8 Å². The number of hydrogen-bond donors (Lipinski definition) is 0. The first-order valence-electron chi connectivity index (χ1n) is 39.5. The minimum absolute atomic E-state index is 0.118. The molecule has 15 aromatic rings. The standard InChI is InChI=1S/C99H90BN3O/c1-94(2,3)65-40-47-84-74(52-65)75-53-66(95(4,5)6)41-48-85(75)101(84)70-44-46-82-88(59-70)103(93-72(62-31-21-17-22-32-62)56-69(98(13,14)15)57-73(93)63-33-23-18-24-34-63)89-60-71(102-86-49-42-67(96(7,8)9)54-76(86)77-55-68(97(10,11)12)43-50-87(77)102)58-81-92(89)100(82)83-51-64(61-29-19-16-20-30-61)39-45-78(83)99(81)79-35-25-27-37-90(79)104-91-38-28-26-36-80(91)99/h16-60H,1-15H3/i16D,19D,20D,29D,30D. The van der Waals surface area contributed by atoms with Gasteiger partial charge in [-0.1, -0.05) is 285 Å². The highest BCUT2D eigenvalue weighted by molar-refractivity contribution is 6.99. The lowest BCUT2D eigenvalue weighted by atomic mass is 9.29. The van der Waals surface area contributed by atoms with Crippen LogP contribution in [-0.2, 0) is 32.5 Å². The molecule has 0 unspecified atom stereocenters. The van der Waals surface area contributed by atoms with E-state index in [0.29, 0.717) is 5.56 Å². The van der Waals surface area contributed by atoms with Gasteiger partial charge in [0.25, 0.3) is 0 Å². The molecule has 0 saturated carbocycles. The van der Waals surface area contributed by atoms with Crippen molar-refractivity contribution in [1.82, 2.24) is 9.13 Å². The van der Waals surface area contributed by atoms with Crippen LogP contribution in [0.15, 0.2) is 273 Å². The first kappa shape index (κ1) is 59.6. The summed E-state index contributed by atoms with van der Waals surface area (Å²) in [5, 5.41) is 4.74. The van der Waals surface area contributed by atoms with Gasteiger partial charge in [-0.15, -0.1) is 0 Å². The third kappa shape index (κ3) is 10.1. The third-order valence-corrected chi connectivity index (χ3v) is 22.9. The highest BCUT2D eigenvalue weighted by Gasteiger charge is 2.55. The summed E-state index contributed by atoms with van der Waals surface area (Å²) in [5.74, 6) is 1.45. The van der Waals surface area contributed by atoms with Crippen molar-refractivity contribution in [2.24, 2.45) is 0 Å². The highest BCUT2D eigenvalue weighted by atomic mass is 16.5. The summed E-state index contributed by atoms with van der Waals surface area (Å²) in [6, 6.07) is 89.2. The Kier molecular flexibility index (Phi) is 13.2. The fraction of sp³-hybridized carbons (Fsp3) is 0.212. The van der Waals surface area contributed by atoms with E-state index in [9.17, 15) is 5.48 Å². The topological polar surface area (TPSA) is 22.3 Å². The summed E-state index contributed by atoms with van der Waals surface area (Å²) in [5.41, 5.74) is 25.6. The van der Waals surface area contributed by atoms with Gasteiger partial charge in [0.05, 0.1) is 40.0 Å². The molecule has 1 spiro atoms. The molecule has 3 aliphatic heterocycles. The summed E-state index contributed by atoms with van der Waals surface area (Å²) >= 11 is 0. The lowest BCUT2D eigenvalue weighted by Crippen LogP contribution is -2.65. The molecule has 104 heavy (non-hydrogen) atoms. The molecule has 0 radical (unpaired) electrons. The number of anilines is 3. The maximum absolute atomic E-state index is 9.71. The van der Waals surface area contributed by atoms with Crippen molar-refractivity contribution in [2.75, 3.05) is 4.90 Å². The number of para-hydroxylation sites is 2. The maximum atomic E-state index is 9.71. The molecule has 18 rings (SSSR count). The van der Waals surface area contributed by atoms with Crippen molar-refractivity contribution in [3.63, 3.8) is 0 Å². The van der Waals surface area contributed by atoms with Crippen LogP contribution in [0.5, 0.6) is 11.5 Å². The van der Waals surface area contributed by atoms with E-state index in [1.54, 1.807) is 0 Å². The number of ether oxygens (including phenoxy) is 1. The average molecular weight is 1350 g/mol. The third-order valence-electron chi connectivity index (χ3n) is 22.9. The summed E-state index contributed by atoms with van der Waals surface area (Å²) in [6.07, 6.45) is 0. The van der Waals surface area contributed by atoms with Crippen molar-refractivity contribution in [3.05, 3.63) is 323 Å². The van der Waals surface area contributed by atoms with Crippen LogP contribution in [0.4, 0.5) is 17.1 Å². The van der Waals surface area contributed by atoms with Gasteiger partial charge in [-0.2, -0.15) is 0 Å². The molecule has 0 bridgehead atoms. The molecule has 3 aliphatic rings. The van der Waals surface area contributed by atoms with E-state index >= 15 is 0 Å². The second kappa shape index (κ2) is 23.1. The number of hydrogen-bond acceptors (Lipinski definition) is 2. The fourth-order valence-electron chi connectivity index (χ4n) is 17.4. The van der Waals surface area contributed by atoms with Crippen molar-refractivity contribution < 1.29 is 11.6 Å². The van der Waals surface area contributed by atoms with E-state index in [4.69, 9.17) is 6.11 Å². The molecule has 4 nitrogen and oxygen atoms in total. The number of aromatic nitrogens is 2. The van der Waals surface area contributed by atoms with Crippen LogP contribution in [0, 0.1) is 0 Å². The van der Waals surface area contributed by atoms with Crippen molar-refractivity contribution in [3.8, 4) is 56.3 Å². The molecule has 0 aliphatic carbocycles. The van der Waals surface area contributed by atoms with E-state index in [2.05, 4.69) is 354 Å². The minimum atomic E-state index is -1.13. The van der Waals surface area contributed by atoms with Gasteiger partial charge in [0.1, 0.15) is 11.5 Å². The largest absolute Gasteiger partial charge is 0.457 e. The van der Waals surface area contributed by atoms with Gasteiger partial charge in [-0.05, 0) is 196 Å². The summed E-state index contributed by atoms with van der Waals surface area (Å²) in [7, 11) is 0. The van der Waals surface area contributed by atoms with Crippen LogP contribution < -0.4 is 26.0 Å².